The summed E-state index contributed by atoms with van der Waals surface area (Å²) >= 11 is 0. The first-order valence-electron chi connectivity index (χ1n) is 6.44. The normalized spacial score (nSPS) is 23.1. The molecule has 2 unspecified atom stereocenters. The molecule has 0 aliphatic heterocycles. The minimum absolute atomic E-state index is 0.0252. The molecule has 1 aliphatic rings. The molecule has 0 saturated heterocycles. The van der Waals surface area contributed by atoms with E-state index >= 15 is 0 Å². The van der Waals surface area contributed by atoms with E-state index < -0.39 is 15.8 Å². The summed E-state index contributed by atoms with van der Waals surface area (Å²) in [6.07, 6.45) is 2.29. The van der Waals surface area contributed by atoms with Crippen LogP contribution in [0, 0.1) is 12.7 Å². The summed E-state index contributed by atoms with van der Waals surface area (Å²) in [4.78, 5) is 0.0252. The molecule has 0 spiro atoms. The minimum atomic E-state index is -3.70. The molecule has 112 valence electrons. The number of anilines is 1. The highest BCUT2D eigenvalue weighted by molar-refractivity contribution is 7.89. The number of hydrogen-bond donors (Lipinski definition) is 2. The summed E-state index contributed by atoms with van der Waals surface area (Å²) in [6.45, 7) is 1.55. The minimum Gasteiger partial charge on any atom is -0.396 e. The first-order valence-corrected chi connectivity index (χ1v) is 7.92. The van der Waals surface area contributed by atoms with Crippen LogP contribution < -0.4 is 10.5 Å². The summed E-state index contributed by atoms with van der Waals surface area (Å²) < 4.78 is 45.8. The van der Waals surface area contributed by atoms with Gasteiger partial charge in [0.25, 0.3) is 0 Å². The third-order valence-electron chi connectivity index (χ3n) is 3.62. The standard InChI is InChI=1S/C13H19FN2O3S/c1-8-5-11(14)12(15)7-13(8)20(17,18)16-9-3-4-10(6-9)19-2/h5,7,9-10,16H,3-4,6,15H2,1-2H3. The molecule has 1 aromatic carbocycles. The average Bonchev–Trinajstić information content (AvgIpc) is 2.80. The van der Waals surface area contributed by atoms with E-state index in [2.05, 4.69) is 4.72 Å². The maximum atomic E-state index is 13.3. The van der Waals surface area contributed by atoms with E-state index in [0.29, 0.717) is 12.0 Å². The van der Waals surface area contributed by atoms with Gasteiger partial charge in [-0.25, -0.2) is 17.5 Å². The molecule has 0 heterocycles. The van der Waals surface area contributed by atoms with E-state index in [1.54, 1.807) is 14.0 Å². The van der Waals surface area contributed by atoms with Gasteiger partial charge in [-0.3, -0.25) is 0 Å². The number of nitrogens with two attached hydrogens (primary N) is 1. The summed E-state index contributed by atoms with van der Waals surface area (Å²) in [5.41, 5.74) is 5.62. The Kier molecular flexibility index (Phi) is 4.31. The number of halogens is 1. The van der Waals surface area contributed by atoms with Crippen molar-refractivity contribution in [3.63, 3.8) is 0 Å². The number of nitrogens with one attached hydrogen (secondary N) is 1. The SMILES string of the molecule is COC1CCC(NS(=O)(=O)c2cc(N)c(F)cc2C)C1. The lowest BCUT2D eigenvalue weighted by Gasteiger charge is -2.15. The second kappa shape index (κ2) is 5.67. The Morgan fingerprint density at radius 3 is 2.70 bits per heavy atom. The van der Waals surface area contributed by atoms with Gasteiger partial charge in [-0.1, -0.05) is 0 Å². The van der Waals surface area contributed by atoms with Crippen LogP contribution in [0.5, 0.6) is 0 Å². The van der Waals surface area contributed by atoms with Crippen LogP contribution in [0.1, 0.15) is 24.8 Å². The van der Waals surface area contributed by atoms with Crippen molar-refractivity contribution >= 4 is 15.7 Å². The number of rotatable bonds is 4. The van der Waals surface area contributed by atoms with Gasteiger partial charge in [0.15, 0.2) is 0 Å². The fourth-order valence-corrected chi connectivity index (χ4v) is 4.05. The fourth-order valence-electron chi connectivity index (χ4n) is 2.50. The molecule has 0 amide bonds. The lowest BCUT2D eigenvalue weighted by molar-refractivity contribution is 0.107. The number of sulfonamides is 1. The maximum Gasteiger partial charge on any atom is 0.241 e. The van der Waals surface area contributed by atoms with Gasteiger partial charge in [-0.2, -0.15) is 0 Å². The van der Waals surface area contributed by atoms with Crippen LogP contribution in [0.15, 0.2) is 17.0 Å². The van der Waals surface area contributed by atoms with Crippen LogP contribution in [0.4, 0.5) is 10.1 Å². The molecule has 0 aromatic heterocycles. The van der Waals surface area contributed by atoms with Gasteiger partial charge in [0.2, 0.25) is 10.0 Å². The smallest absolute Gasteiger partial charge is 0.241 e. The third kappa shape index (κ3) is 3.11. The Morgan fingerprint density at radius 2 is 2.10 bits per heavy atom. The molecule has 0 bridgehead atoms. The van der Waals surface area contributed by atoms with Crippen LogP contribution in [0.2, 0.25) is 0 Å². The number of benzene rings is 1. The van der Waals surface area contributed by atoms with E-state index in [0.717, 1.165) is 25.0 Å². The Labute approximate surface area is 118 Å². The number of ether oxygens (including phenoxy) is 1. The number of nitrogen functional groups attached to an aromatic ring is 1. The first-order chi connectivity index (χ1) is 9.33. The van der Waals surface area contributed by atoms with Crippen molar-refractivity contribution in [3.05, 3.63) is 23.5 Å². The van der Waals surface area contributed by atoms with E-state index in [-0.39, 0.29) is 22.7 Å². The lowest BCUT2D eigenvalue weighted by atomic mass is 10.2. The maximum absolute atomic E-state index is 13.3. The van der Waals surface area contributed by atoms with Crippen molar-refractivity contribution in [3.8, 4) is 0 Å². The molecular weight excluding hydrogens is 283 g/mol. The van der Waals surface area contributed by atoms with E-state index in [1.807, 2.05) is 0 Å². The molecule has 1 fully saturated rings. The summed E-state index contributed by atoms with van der Waals surface area (Å²) in [5, 5.41) is 0. The molecule has 1 aromatic rings. The van der Waals surface area contributed by atoms with Crippen LogP contribution in [0.25, 0.3) is 0 Å². The molecule has 3 N–H and O–H groups in total. The largest absolute Gasteiger partial charge is 0.396 e. The summed E-state index contributed by atoms with van der Waals surface area (Å²) in [5.74, 6) is -0.609. The molecular formula is C13H19FN2O3S. The highest BCUT2D eigenvalue weighted by atomic mass is 32.2. The van der Waals surface area contributed by atoms with Crippen molar-refractivity contribution in [1.29, 1.82) is 0 Å². The topological polar surface area (TPSA) is 81.4 Å². The molecule has 1 aliphatic carbocycles. The zero-order chi connectivity index (χ0) is 14.9. The molecule has 2 atom stereocenters. The van der Waals surface area contributed by atoms with Gasteiger partial charge < -0.3 is 10.5 Å². The monoisotopic (exact) mass is 302 g/mol. The van der Waals surface area contributed by atoms with Gasteiger partial charge in [0.05, 0.1) is 16.7 Å². The van der Waals surface area contributed by atoms with Crippen molar-refractivity contribution in [2.24, 2.45) is 0 Å². The zero-order valence-electron chi connectivity index (χ0n) is 11.5. The van der Waals surface area contributed by atoms with Crippen molar-refractivity contribution in [2.45, 2.75) is 43.2 Å². The highest BCUT2D eigenvalue weighted by Gasteiger charge is 2.29. The number of hydrogen-bond acceptors (Lipinski definition) is 4. The first kappa shape index (κ1) is 15.2. The average molecular weight is 302 g/mol. The third-order valence-corrected chi connectivity index (χ3v) is 5.29. The molecule has 5 nitrogen and oxygen atoms in total. The van der Waals surface area contributed by atoms with E-state index in [9.17, 15) is 12.8 Å². The predicted molar refractivity (Wildman–Crippen MR) is 74.3 cm³/mol. The van der Waals surface area contributed by atoms with Gasteiger partial charge in [-0.05, 0) is 43.9 Å². The van der Waals surface area contributed by atoms with Crippen molar-refractivity contribution < 1.29 is 17.5 Å². The Hall–Kier alpha value is -1.18. The number of methoxy groups -OCH3 is 1. The number of aryl methyl sites for hydroxylation is 1. The lowest BCUT2D eigenvalue weighted by Crippen LogP contribution is -2.34. The summed E-state index contributed by atoms with van der Waals surface area (Å²) in [7, 11) is -2.08. The molecule has 2 rings (SSSR count). The molecule has 0 radical (unpaired) electrons. The van der Waals surface area contributed by atoms with E-state index in [1.165, 1.54) is 0 Å². The summed E-state index contributed by atoms with van der Waals surface area (Å²) in [6, 6.07) is 2.14. The zero-order valence-corrected chi connectivity index (χ0v) is 12.3. The van der Waals surface area contributed by atoms with Gasteiger partial charge in [-0.15, -0.1) is 0 Å². The van der Waals surface area contributed by atoms with Crippen LogP contribution in [-0.2, 0) is 14.8 Å². The quantitative estimate of drug-likeness (QED) is 0.827. The van der Waals surface area contributed by atoms with Crippen LogP contribution in [0.3, 0.4) is 0 Å². The Bertz CT molecular complexity index is 604. The second-order valence-electron chi connectivity index (χ2n) is 5.13. The molecule has 7 heteroatoms. The van der Waals surface area contributed by atoms with Crippen molar-refractivity contribution in [2.75, 3.05) is 12.8 Å². The van der Waals surface area contributed by atoms with Crippen molar-refractivity contribution in [1.82, 2.24) is 4.72 Å². The van der Waals surface area contributed by atoms with Gasteiger partial charge in [0, 0.05) is 13.2 Å². The Morgan fingerprint density at radius 1 is 1.40 bits per heavy atom. The highest BCUT2D eigenvalue weighted by Crippen LogP contribution is 2.25. The Balaban J connectivity index is 2.21. The van der Waals surface area contributed by atoms with Gasteiger partial charge in [0.1, 0.15) is 5.82 Å². The van der Waals surface area contributed by atoms with E-state index in [4.69, 9.17) is 10.5 Å². The van der Waals surface area contributed by atoms with Crippen LogP contribution >= 0.6 is 0 Å². The second-order valence-corrected chi connectivity index (χ2v) is 6.81. The predicted octanol–water partition coefficient (Wildman–Crippen LogP) is 1.56. The molecule has 20 heavy (non-hydrogen) atoms. The van der Waals surface area contributed by atoms with Gasteiger partial charge >= 0.3 is 0 Å². The molecule has 1 saturated carbocycles. The van der Waals surface area contributed by atoms with Crippen LogP contribution in [-0.4, -0.2) is 27.7 Å². The fraction of sp³-hybridized carbons (Fsp3) is 0.538.